The van der Waals surface area contributed by atoms with E-state index in [1.54, 1.807) is 23.0 Å². The lowest BCUT2D eigenvalue weighted by atomic mass is 10.4. The van der Waals surface area contributed by atoms with Gasteiger partial charge in [-0.15, -0.1) is 0 Å². The van der Waals surface area contributed by atoms with E-state index in [1.807, 2.05) is 6.92 Å². The highest BCUT2D eigenvalue weighted by atomic mass is 16.1. The number of carbonyl (C=O) groups excluding carboxylic acids is 1. The van der Waals surface area contributed by atoms with Gasteiger partial charge in [0.05, 0.1) is 0 Å². The molecule has 0 saturated carbocycles. The number of nitrogens with zero attached hydrogens (tertiary/aromatic N) is 3. The molecule has 0 aliphatic heterocycles. The van der Waals surface area contributed by atoms with Gasteiger partial charge in [-0.3, -0.25) is 9.79 Å². The summed E-state index contributed by atoms with van der Waals surface area (Å²) in [6, 6.07) is 1.62. The fraction of sp³-hybridized carbons (Fsp3) is 0.222. The van der Waals surface area contributed by atoms with Crippen LogP contribution in [-0.2, 0) is 6.67 Å². The van der Waals surface area contributed by atoms with Gasteiger partial charge in [-0.25, -0.2) is 4.68 Å². The summed E-state index contributed by atoms with van der Waals surface area (Å²) in [5.41, 5.74) is 11.3. The maximum absolute atomic E-state index is 10.8. The molecule has 6 heteroatoms. The quantitative estimate of drug-likeness (QED) is 0.668. The standard InChI is InChI=1S/C9H13N5O/c1-7-5-8(9(11)15)13-14(7)6-12-4-2-3-10/h2-5H,6,10H2,1H3,(H2,11,15). The molecule has 0 aliphatic carbocycles. The highest BCUT2D eigenvalue weighted by molar-refractivity contribution is 5.90. The monoisotopic (exact) mass is 207 g/mol. The maximum atomic E-state index is 10.8. The van der Waals surface area contributed by atoms with Crippen molar-refractivity contribution in [3.05, 3.63) is 29.7 Å². The summed E-state index contributed by atoms with van der Waals surface area (Å²) in [6.45, 7) is 2.16. The second-order valence-electron chi connectivity index (χ2n) is 2.89. The van der Waals surface area contributed by atoms with E-state index >= 15 is 0 Å². The van der Waals surface area contributed by atoms with Crippen molar-refractivity contribution in [3.63, 3.8) is 0 Å². The summed E-state index contributed by atoms with van der Waals surface area (Å²) in [4.78, 5) is 14.8. The average molecular weight is 207 g/mol. The Morgan fingerprint density at radius 3 is 3.00 bits per heavy atom. The van der Waals surface area contributed by atoms with E-state index in [0.717, 1.165) is 5.69 Å². The van der Waals surface area contributed by atoms with Crippen LogP contribution in [0, 0.1) is 6.92 Å². The van der Waals surface area contributed by atoms with Gasteiger partial charge in [0.1, 0.15) is 12.4 Å². The normalized spacial score (nSPS) is 11.5. The van der Waals surface area contributed by atoms with Crippen LogP contribution in [0.5, 0.6) is 0 Å². The molecule has 15 heavy (non-hydrogen) atoms. The first-order chi connectivity index (χ1) is 7.15. The lowest BCUT2D eigenvalue weighted by Crippen LogP contribution is -2.12. The Morgan fingerprint density at radius 2 is 2.47 bits per heavy atom. The number of aryl methyl sites for hydroxylation is 1. The van der Waals surface area contributed by atoms with Gasteiger partial charge in [0.25, 0.3) is 5.91 Å². The van der Waals surface area contributed by atoms with Crippen LogP contribution < -0.4 is 11.5 Å². The highest BCUT2D eigenvalue weighted by Gasteiger charge is 2.07. The number of hydrogen-bond acceptors (Lipinski definition) is 4. The molecule has 0 fully saturated rings. The SMILES string of the molecule is Cc1cc(C(N)=O)nn1CN=CC=CN. The minimum absolute atomic E-state index is 0.247. The van der Waals surface area contributed by atoms with Gasteiger partial charge in [0.15, 0.2) is 0 Å². The van der Waals surface area contributed by atoms with Gasteiger partial charge in [0.2, 0.25) is 0 Å². The molecule has 0 aliphatic rings. The third-order valence-corrected chi connectivity index (χ3v) is 1.75. The van der Waals surface area contributed by atoms with Crippen LogP contribution in [0.4, 0.5) is 0 Å². The molecule has 1 heterocycles. The lowest BCUT2D eigenvalue weighted by Gasteiger charge is -1.97. The first-order valence-electron chi connectivity index (χ1n) is 4.36. The van der Waals surface area contributed by atoms with E-state index in [0.29, 0.717) is 6.67 Å². The molecule has 0 radical (unpaired) electrons. The summed E-state index contributed by atoms with van der Waals surface area (Å²) in [5, 5.41) is 3.98. The average Bonchev–Trinajstić information content (AvgIpc) is 2.55. The molecule has 0 unspecified atom stereocenters. The second-order valence-corrected chi connectivity index (χ2v) is 2.89. The molecular formula is C9H13N5O. The van der Waals surface area contributed by atoms with Crippen molar-refractivity contribution >= 4 is 12.1 Å². The van der Waals surface area contributed by atoms with E-state index < -0.39 is 5.91 Å². The largest absolute Gasteiger partial charge is 0.405 e. The number of nitrogens with two attached hydrogens (primary N) is 2. The van der Waals surface area contributed by atoms with Gasteiger partial charge in [0, 0.05) is 11.9 Å². The first-order valence-corrected chi connectivity index (χ1v) is 4.36. The number of allylic oxidation sites excluding steroid dienone is 1. The molecule has 1 amide bonds. The van der Waals surface area contributed by atoms with Crippen LogP contribution in [0.25, 0.3) is 0 Å². The van der Waals surface area contributed by atoms with Gasteiger partial charge < -0.3 is 11.5 Å². The van der Waals surface area contributed by atoms with E-state index in [4.69, 9.17) is 11.5 Å². The highest BCUT2D eigenvalue weighted by Crippen LogP contribution is 2.02. The summed E-state index contributed by atoms with van der Waals surface area (Å²) < 4.78 is 1.58. The van der Waals surface area contributed by atoms with Gasteiger partial charge in [-0.2, -0.15) is 5.10 Å². The Bertz CT molecular complexity index is 405. The molecule has 0 atom stereocenters. The van der Waals surface area contributed by atoms with Crippen LogP contribution in [0.15, 0.2) is 23.3 Å². The Hall–Kier alpha value is -2.11. The molecule has 80 valence electrons. The van der Waals surface area contributed by atoms with Crippen molar-refractivity contribution in [2.75, 3.05) is 0 Å². The van der Waals surface area contributed by atoms with Crippen molar-refractivity contribution < 1.29 is 4.79 Å². The molecule has 0 bridgehead atoms. The topological polar surface area (TPSA) is 99.3 Å². The number of aromatic nitrogens is 2. The zero-order chi connectivity index (χ0) is 11.3. The molecular weight excluding hydrogens is 194 g/mol. The Kier molecular flexibility index (Phi) is 3.61. The predicted octanol–water partition coefficient (Wildman–Crippen LogP) is -0.209. The Morgan fingerprint density at radius 1 is 1.73 bits per heavy atom. The number of rotatable bonds is 4. The number of primary amides is 1. The minimum atomic E-state index is -0.539. The number of carbonyl (C=O) groups is 1. The predicted molar refractivity (Wildman–Crippen MR) is 57.3 cm³/mol. The van der Waals surface area contributed by atoms with E-state index in [9.17, 15) is 4.79 Å². The number of hydrogen-bond donors (Lipinski definition) is 2. The number of amides is 1. The fourth-order valence-electron chi connectivity index (χ4n) is 1.01. The molecule has 0 spiro atoms. The van der Waals surface area contributed by atoms with Crippen molar-refractivity contribution in [3.8, 4) is 0 Å². The summed E-state index contributed by atoms with van der Waals surface area (Å²) in [5.74, 6) is -0.539. The Balaban J connectivity index is 2.73. The zero-order valence-corrected chi connectivity index (χ0v) is 8.42. The van der Waals surface area contributed by atoms with Crippen molar-refractivity contribution in [1.82, 2.24) is 9.78 Å². The molecule has 1 aromatic rings. The van der Waals surface area contributed by atoms with Crippen LogP contribution in [0.3, 0.4) is 0 Å². The van der Waals surface area contributed by atoms with Crippen molar-refractivity contribution in [2.24, 2.45) is 16.5 Å². The first kappa shape index (κ1) is 11.0. The molecule has 1 aromatic heterocycles. The third-order valence-electron chi connectivity index (χ3n) is 1.75. The molecule has 0 saturated heterocycles. The van der Waals surface area contributed by atoms with E-state index in [1.165, 1.54) is 6.20 Å². The second kappa shape index (κ2) is 4.94. The van der Waals surface area contributed by atoms with E-state index in [-0.39, 0.29) is 5.69 Å². The Labute approximate surface area is 87.3 Å². The summed E-state index contributed by atoms with van der Waals surface area (Å²) >= 11 is 0. The summed E-state index contributed by atoms with van der Waals surface area (Å²) in [7, 11) is 0. The summed E-state index contributed by atoms with van der Waals surface area (Å²) in [6.07, 6.45) is 4.55. The van der Waals surface area contributed by atoms with Crippen LogP contribution in [0.1, 0.15) is 16.2 Å². The van der Waals surface area contributed by atoms with Gasteiger partial charge >= 0.3 is 0 Å². The van der Waals surface area contributed by atoms with Gasteiger partial charge in [-0.1, -0.05) is 0 Å². The third kappa shape index (κ3) is 2.94. The van der Waals surface area contributed by atoms with Gasteiger partial charge in [-0.05, 0) is 25.3 Å². The molecule has 1 rings (SSSR count). The molecule has 0 aromatic carbocycles. The van der Waals surface area contributed by atoms with E-state index in [2.05, 4.69) is 10.1 Å². The van der Waals surface area contributed by atoms with Crippen molar-refractivity contribution in [1.29, 1.82) is 0 Å². The fourth-order valence-corrected chi connectivity index (χ4v) is 1.01. The smallest absolute Gasteiger partial charge is 0.269 e. The van der Waals surface area contributed by atoms with Crippen LogP contribution in [-0.4, -0.2) is 21.9 Å². The minimum Gasteiger partial charge on any atom is -0.405 e. The van der Waals surface area contributed by atoms with Crippen molar-refractivity contribution in [2.45, 2.75) is 13.6 Å². The van der Waals surface area contributed by atoms with Crippen LogP contribution in [0.2, 0.25) is 0 Å². The lowest BCUT2D eigenvalue weighted by molar-refractivity contribution is 0.0995. The molecule has 4 N–H and O–H groups in total. The maximum Gasteiger partial charge on any atom is 0.269 e. The number of aliphatic imine (C=N–C) groups is 1. The zero-order valence-electron chi connectivity index (χ0n) is 8.42. The molecule has 6 nitrogen and oxygen atoms in total. The van der Waals surface area contributed by atoms with Crippen LogP contribution >= 0.6 is 0 Å².